The Kier molecular flexibility index (Phi) is 9.21. The molecular weight excluding hydrogens is 434 g/mol. The normalized spacial score (nSPS) is 14.8. The van der Waals surface area contributed by atoms with Gasteiger partial charge >= 0.3 is 0 Å². The molecule has 1 amide bonds. The Bertz CT molecular complexity index is 938. The first-order valence-electron chi connectivity index (χ1n) is 11.5. The first kappa shape index (κ1) is 25.1. The summed E-state index contributed by atoms with van der Waals surface area (Å²) >= 11 is 1.50. The topological polar surface area (TPSA) is 70.7 Å². The van der Waals surface area contributed by atoms with Gasteiger partial charge in [-0.25, -0.2) is 0 Å². The van der Waals surface area contributed by atoms with E-state index < -0.39 is 0 Å². The minimum atomic E-state index is -0.0529. The molecule has 2 aromatic rings. The molecule has 1 aliphatic heterocycles. The molecule has 7 heteroatoms. The van der Waals surface area contributed by atoms with E-state index in [9.17, 15) is 9.59 Å². The summed E-state index contributed by atoms with van der Waals surface area (Å²) in [5.41, 5.74) is 2.02. The number of benzene rings is 2. The van der Waals surface area contributed by atoms with Crippen LogP contribution in [-0.2, 0) is 4.79 Å². The number of carbonyl (C=O) groups excluding carboxylic acids is 2. The van der Waals surface area contributed by atoms with Crippen LogP contribution in [0.5, 0.6) is 5.75 Å². The van der Waals surface area contributed by atoms with Gasteiger partial charge in [0.1, 0.15) is 5.75 Å². The molecule has 0 aliphatic carbocycles. The van der Waals surface area contributed by atoms with Gasteiger partial charge in [-0.05, 0) is 88.4 Å². The van der Waals surface area contributed by atoms with Crippen molar-refractivity contribution < 1.29 is 14.3 Å². The first-order chi connectivity index (χ1) is 15.9. The highest BCUT2D eigenvalue weighted by Gasteiger charge is 2.21. The van der Waals surface area contributed by atoms with Gasteiger partial charge in [-0.15, -0.1) is 11.8 Å². The van der Waals surface area contributed by atoms with Gasteiger partial charge in [0, 0.05) is 34.3 Å². The van der Waals surface area contributed by atoms with Gasteiger partial charge in [-0.3, -0.25) is 9.59 Å². The quantitative estimate of drug-likeness (QED) is 0.399. The van der Waals surface area contributed by atoms with Crippen molar-refractivity contribution in [2.24, 2.45) is 5.92 Å². The second-order valence-corrected chi connectivity index (χ2v) is 9.49. The van der Waals surface area contributed by atoms with Crippen molar-refractivity contribution in [1.82, 2.24) is 10.2 Å². The molecule has 0 atom stereocenters. The number of ketones is 1. The van der Waals surface area contributed by atoms with E-state index in [0.29, 0.717) is 28.8 Å². The smallest absolute Gasteiger partial charge is 0.239 e. The maximum Gasteiger partial charge on any atom is 0.239 e. The van der Waals surface area contributed by atoms with Crippen LogP contribution < -0.4 is 15.4 Å². The number of hydrogen-bond acceptors (Lipinski definition) is 6. The molecule has 3 rings (SSSR count). The largest absolute Gasteiger partial charge is 0.497 e. The second kappa shape index (κ2) is 12.1. The number of nitrogens with one attached hydrogen (secondary N) is 2. The lowest BCUT2D eigenvalue weighted by Crippen LogP contribution is -2.42. The molecule has 1 saturated heterocycles. The fourth-order valence-corrected chi connectivity index (χ4v) is 4.88. The van der Waals surface area contributed by atoms with Crippen LogP contribution in [0.2, 0.25) is 0 Å². The van der Waals surface area contributed by atoms with Crippen molar-refractivity contribution in [3.8, 4) is 5.75 Å². The predicted molar refractivity (Wildman–Crippen MR) is 136 cm³/mol. The van der Waals surface area contributed by atoms with E-state index in [2.05, 4.69) is 29.4 Å². The van der Waals surface area contributed by atoms with Gasteiger partial charge in [-0.1, -0.05) is 6.07 Å². The number of nitrogens with zero attached hydrogens (tertiary/aromatic N) is 1. The van der Waals surface area contributed by atoms with Crippen molar-refractivity contribution in [1.29, 1.82) is 0 Å². The molecule has 0 saturated carbocycles. The molecule has 2 aromatic carbocycles. The van der Waals surface area contributed by atoms with E-state index in [-0.39, 0.29) is 18.2 Å². The molecule has 0 bridgehead atoms. The Morgan fingerprint density at radius 2 is 1.82 bits per heavy atom. The summed E-state index contributed by atoms with van der Waals surface area (Å²) in [6.07, 6.45) is 4.19. The zero-order chi connectivity index (χ0) is 23.8. The highest BCUT2D eigenvalue weighted by atomic mass is 32.2. The Labute approximate surface area is 201 Å². The lowest BCUT2D eigenvalue weighted by atomic mass is 9.96. The summed E-state index contributed by atoms with van der Waals surface area (Å²) in [6.45, 7) is 7.56. The van der Waals surface area contributed by atoms with E-state index >= 15 is 0 Å². The molecule has 1 heterocycles. The highest BCUT2D eigenvalue weighted by Crippen LogP contribution is 2.31. The third-order valence-corrected chi connectivity index (χ3v) is 7.07. The molecule has 0 unspecified atom stereocenters. The van der Waals surface area contributed by atoms with Crippen LogP contribution in [0.15, 0.2) is 47.4 Å². The molecule has 1 fully saturated rings. The second-order valence-electron chi connectivity index (χ2n) is 8.67. The molecular formula is C26H35N3O3S. The van der Waals surface area contributed by atoms with E-state index in [1.165, 1.54) is 11.8 Å². The number of carbonyl (C=O) groups is 2. The molecule has 0 spiro atoms. The van der Waals surface area contributed by atoms with Crippen LogP contribution in [0.25, 0.3) is 0 Å². The Morgan fingerprint density at radius 1 is 1.12 bits per heavy atom. The van der Waals surface area contributed by atoms with E-state index in [1.54, 1.807) is 31.4 Å². The highest BCUT2D eigenvalue weighted by molar-refractivity contribution is 7.98. The van der Waals surface area contributed by atoms with Crippen molar-refractivity contribution in [2.45, 2.75) is 37.6 Å². The van der Waals surface area contributed by atoms with Gasteiger partial charge in [0.05, 0.1) is 13.7 Å². The van der Waals surface area contributed by atoms with Crippen LogP contribution in [0.4, 0.5) is 5.69 Å². The number of thioether (sulfide) groups is 1. The Hall–Kier alpha value is -2.51. The molecule has 1 aliphatic rings. The standard InChI is InChI=1S/C26H35N3O3S/c1-18(2)29-14-12-19(13-15-29)16-28-24(30)17-27-23-7-5-6-22(26(23)33-4)25(31)20-8-10-21(32-3)11-9-20/h5-11,18-19,27H,12-17H2,1-4H3,(H,28,30). The number of methoxy groups -OCH3 is 1. The number of ether oxygens (including phenoxy) is 1. The van der Waals surface area contributed by atoms with Gasteiger partial charge in [0.15, 0.2) is 5.78 Å². The van der Waals surface area contributed by atoms with Crippen LogP contribution in [-0.4, -0.2) is 62.2 Å². The van der Waals surface area contributed by atoms with Crippen LogP contribution in [0.3, 0.4) is 0 Å². The summed E-state index contributed by atoms with van der Waals surface area (Å²) in [5.74, 6) is 1.17. The fraction of sp³-hybridized carbons (Fsp3) is 0.462. The maximum absolute atomic E-state index is 13.1. The third-order valence-electron chi connectivity index (χ3n) is 6.22. The SMILES string of the molecule is COc1ccc(C(=O)c2cccc(NCC(=O)NCC3CCN(C(C)C)CC3)c2SC)cc1. The number of amides is 1. The number of rotatable bonds is 10. The van der Waals surface area contributed by atoms with Crippen LogP contribution in [0, 0.1) is 5.92 Å². The van der Waals surface area contributed by atoms with Crippen molar-refractivity contribution >= 4 is 29.1 Å². The lowest BCUT2D eigenvalue weighted by Gasteiger charge is -2.34. The Balaban J connectivity index is 1.56. The van der Waals surface area contributed by atoms with Crippen molar-refractivity contribution in [2.75, 3.05) is 44.9 Å². The molecule has 6 nitrogen and oxygen atoms in total. The Morgan fingerprint density at radius 3 is 2.42 bits per heavy atom. The average Bonchev–Trinajstić information content (AvgIpc) is 2.85. The molecule has 33 heavy (non-hydrogen) atoms. The summed E-state index contributed by atoms with van der Waals surface area (Å²) in [6, 6.07) is 13.3. The zero-order valence-corrected chi connectivity index (χ0v) is 20.8. The first-order valence-corrected chi connectivity index (χ1v) is 12.8. The van der Waals surface area contributed by atoms with Crippen molar-refractivity contribution in [3.63, 3.8) is 0 Å². The third kappa shape index (κ3) is 6.74. The summed E-state index contributed by atoms with van der Waals surface area (Å²) < 4.78 is 5.18. The van der Waals surface area contributed by atoms with Crippen LogP contribution >= 0.6 is 11.8 Å². The molecule has 0 radical (unpaired) electrons. The minimum Gasteiger partial charge on any atom is -0.497 e. The maximum atomic E-state index is 13.1. The van der Waals surface area contributed by atoms with Gasteiger partial charge in [0.25, 0.3) is 0 Å². The summed E-state index contributed by atoms with van der Waals surface area (Å²) in [5, 5.41) is 6.30. The van der Waals surface area contributed by atoms with Gasteiger partial charge < -0.3 is 20.3 Å². The number of piperidine rings is 1. The monoisotopic (exact) mass is 469 g/mol. The van der Waals surface area contributed by atoms with E-state index in [1.807, 2.05) is 24.5 Å². The zero-order valence-electron chi connectivity index (χ0n) is 20.0. The number of likely N-dealkylation sites (tertiary alicyclic amines) is 1. The molecule has 0 aromatic heterocycles. The molecule has 2 N–H and O–H groups in total. The minimum absolute atomic E-state index is 0.0276. The molecule has 178 valence electrons. The summed E-state index contributed by atoms with van der Waals surface area (Å²) in [4.78, 5) is 28.9. The van der Waals surface area contributed by atoms with Gasteiger partial charge in [0.2, 0.25) is 5.91 Å². The predicted octanol–water partition coefficient (Wildman–Crippen LogP) is 4.30. The summed E-state index contributed by atoms with van der Waals surface area (Å²) in [7, 11) is 1.60. The van der Waals surface area contributed by atoms with Gasteiger partial charge in [-0.2, -0.15) is 0 Å². The van der Waals surface area contributed by atoms with Crippen LogP contribution in [0.1, 0.15) is 42.6 Å². The fourth-order valence-electron chi connectivity index (χ4n) is 4.14. The van der Waals surface area contributed by atoms with E-state index in [0.717, 1.165) is 43.1 Å². The van der Waals surface area contributed by atoms with Crippen molar-refractivity contribution in [3.05, 3.63) is 53.6 Å². The lowest BCUT2D eigenvalue weighted by molar-refractivity contribution is -0.119. The average molecular weight is 470 g/mol. The number of anilines is 1. The number of hydrogen-bond donors (Lipinski definition) is 2. The van der Waals surface area contributed by atoms with E-state index in [4.69, 9.17) is 4.74 Å².